The van der Waals surface area contributed by atoms with Crippen LogP contribution in [0.4, 0.5) is 0 Å². The Balaban J connectivity index is 1.80. The molecule has 0 saturated heterocycles. The van der Waals surface area contributed by atoms with Crippen molar-refractivity contribution in [3.05, 3.63) is 46.0 Å². The number of carbonyl (C=O) groups excluding carboxylic acids is 1. The molecule has 0 amide bonds. The molecule has 5 nitrogen and oxygen atoms in total. The summed E-state index contributed by atoms with van der Waals surface area (Å²) >= 11 is 0. The summed E-state index contributed by atoms with van der Waals surface area (Å²) in [6.07, 6.45) is 2.64. The van der Waals surface area contributed by atoms with Gasteiger partial charge in [-0.1, -0.05) is 13.0 Å². The molecule has 0 aromatic carbocycles. The number of esters is 1. The van der Waals surface area contributed by atoms with E-state index in [4.69, 9.17) is 4.74 Å². The third kappa shape index (κ3) is 2.43. The van der Waals surface area contributed by atoms with Crippen LogP contribution in [-0.2, 0) is 16.1 Å². The molecule has 0 bridgehead atoms. The number of fused-ring (bicyclic) bond motifs is 1. The van der Waals surface area contributed by atoms with Crippen molar-refractivity contribution in [2.24, 2.45) is 11.8 Å². The average molecular weight is 272 g/mol. The highest BCUT2D eigenvalue weighted by atomic mass is 16.5. The number of hydrogen-bond acceptors (Lipinski definition) is 4. The van der Waals surface area contributed by atoms with E-state index in [1.807, 2.05) is 19.9 Å². The van der Waals surface area contributed by atoms with Crippen LogP contribution in [0, 0.1) is 18.8 Å². The number of aromatic nitrogens is 2. The van der Waals surface area contributed by atoms with Gasteiger partial charge >= 0.3 is 5.97 Å². The highest BCUT2D eigenvalue weighted by Gasteiger charge is 2.40. The van der Waals surface area contributed by atoms with Crippen LogP contribution in [0.3, 0.4) is 0 Å². The zero-order valence-corrected chi connectivity index (χ0v) is 11.5. The van der Waals surface area contributed by atoms with E-state index in [9.17, 15) is 9.59 Å². The highest BCUT2D eigenvalue weighted by molar-refractivity contribution is 5.75. The summed E-state index contributed by atoms with van der Waals surface area (Å²) < 4.78 is 6.69. The van der Waals surface area contributed by atoms with Gasteiger partial charge in [0.25, 0.3) is 5.56 Å². The van der Waals surface area contributed by atoms with Crippen LogP contribution < -0.4 is 5.56 Å². The largest absolute Gasteiger partial charge is 0.459 e. The van der Waals surface area contributed by atoms with E-state index in [2.05, 4.69) is 4.98 Å². The van der Waals surface area contributed by atoms with Crippen LogP contribution in [0.25, 0.3) is 5.65 Å². The van der Waals surface area contributed by atoms with Gasteiger partial charge in [-0.25, -0.2) is 4.98 Å². The van der Waals surface area contributed by atoms with Gasteiger partial charge in [-0.15, -0.1) is 0 Å². The first-order valence-corrected chi connectivity index (χ1v) is 6.70. The van der Waals surface area contributed by atoms with E-state index < -0.39 is 0 Å². The Morgan fingerprint density at radius 2 is 2.25 bits per heavy atom. The quantitative estimate of drug-likeness (QED) is 0.798. The molecule has 0 N–H and O–H groups in total. The Morgan fingerprint density at radius 1 is 1.50 bits per heavy atom. The Bertz CT molecular complexity index is 735. The number of rotatable bonds is 3. The van der Waals surface area contributed by atoms with Gasteiger partial charge in [0.1, 0.15) is 12.3 Å². The molecule has 2 aromatic heterocycles. The zero-order chi connectivity index (χ0) is 14.3. The van der Waals surface area contributed by atoms with E-state index >= 15 is 0 Å². The molecule has 1 aliphatic carbocycles. The molecule has 1 aliphatic rings. The topological polar surface area (TPSA) is 60.7 Å². The van der Waals surface area contributed by atoms with Gasteiger partial charge in [-0.2, -0.15) is 0 Å². The first-order valence-electron chi connectivity index (χ1n) is 6.70. The van der Waals surface area contributed by atoms with Crippen LogP contribution in [0.1, 0.15) is 24.6 Å². The van der Waals surface area contributed by atoms with Crippen LogP contribution >= 0.6 is 0 Å². The van der Waals surface area contributed by atoms with E-state index in [0.717, 1.165) is 12.0 Å². The maximum Gasteiger partial charge on any atom is 0.309 e. The molecule has 20 heavy (non-hydrogen) atoms. The Morgan fingerprint density at radius 3 is 2.95 bits per heavy atom. The Labute approximate surface area is 116 Å². The second kappa shape index (κ2) is 4.74. The predicted molar refractivity (Wildman–Crippen MR) is 73.3 cm³/mol. The van der Waals surface area contributed by atoms with E-state index in [-0.39, 0.29) is 24.1 Å². The lowest BCUT2D eigenvalue weighted by Crippen LogP contribution is -2.17. The smallest absolute Gasteiger partial charge is 0.309 e. The zero-order valence-electron chi connectivity index (χ0n) is 11.5. The molecule has 2 aromatic rings. The number of aryl methyl sites for hydroxylation is 1. The van der Waals surface area contributed by atoms with Crippen molar-refractivity contribution in [3.8, 4) is 0 Å². The summed E-state index contributed by atoms with van der Waals surface area (Å²) in [7, 11) is 0. The number of hydrogen-bond donors (Lipinski definition) is 0. The van der Waals surface area contributed by atoms with Crippen LogP contribution in [0.2, 0.25) is 0 Å². The Hall–Kier alpha value is -2.17. The first kappa shape index (κ1) is 12.8. The normalized spacial score (nSPS) is 20.9. The molecule has 0 spiro atoms. The molecule has 1 fully saturated rings. The minimum absolute atomic E-state index is 0.0270. The molecular weight excluding hydrogens is 256 g/mol. The number of carbonyl (C=O) groups is 1. The van der Waals surface area contributed by atoms with Gasteiger partial charge in [0, 0.05) is 12.3 Å². The third-order valence-electron chi connectivity index (χ3n) is 3.64. The summed E-state index contributed by atoms with van der Waals surface area (Å²) in [6, 6.07) is 5.09. The second-order valence-corrected chi connectivity index (χ2v) is 5.45. The lowest BCUT2D eigenvalue weighted by molar-refractivity contribution is -0.147. The fraction of sp³-hybridized carbons (Fsp3) is 0.400. The van der Waals surface area contributed by atoms with Gasteiger partial charge in [-0.3, -0.25) is 14.0 Å². The molecule has 2 heterocycles. The van der Waals surface area contributed by atoms with Crippen molar-refractivity contribution in [3.63, 3.8) is 0 Å². The van der Waals surface area contributed by atoms with Gasteiger partial charge in [0.15, 0.2) is 0 Å². The van der Waals surface area contributed by atoms with Crippen molar-refractivity contribution in [1.29, 1.82) is 0 Å². The van der Waals surface area contributed by atoms with E-state index in [0.29, 0.717) is 17.3 Å². The predicted octanol–water partition coefficient (Wildman–Crippen LogP) is 1.70. The number of nitrogens with zero attached hydrogens (tertiary/aromatic N) is 2. The van der Waals surface area contributed by atoms with Gasteiger partial charge < -0.3 is 4.74 Å². The van der Waals surface area contributed by atoms with E-state index in [1.165, 1.54) is 10.5 Å². The molecule has 0 unspecified atom stereocenters. The molecular formula is C15H16N2O3. The van der Waals surface area contributed by atoms with Gasteiger partial charge in [-0.05, 0) is 30.9 Å². The summed E-state index contributed by atoms with van der Waals surface area (Å²) in [5, 5.41) is 0. The molecule has 2 atom stereocenters. The van der Waals surface area contributed by atoms with Crippen LogP contribution in [-0.4, -0.2) is 15.4 Å². The summed E-state index contributed by atoms with van der Waals surface area (Å²) in [4.78, 5) is 28.0. The minimum atomic E-state index is -0.191. The lowest BCUT2D eigenvalue weighted by atomic mass is 10.3. The summed E-state index contributed by atoms with van der Waals surface area (Å²) in [5.74, 6) is 0.253. The third-order valence-corrected chi connectivity index (χ3v) is 3.64. The minimum Gasteiger partial charge on any atom is -0.459 e. The fourth-order valence-corrected chi connectivity index (χ4v) is 2.23. The van der Waals surface area contributed by atoms with E-state index in [1.54, 1.807) is 12.3 Å². The highest BCUT2D eigenvalue weighted by Crippen LogP contribution is 2.38. The molecule has 0 radical (unpaired) electrons. The summed E-state index contributed by atoms with van der Waals surface area (Å²) in [5.41, 5.74) is 1.88. The first-order chi connectivity index (χ1) is 9.54. The SMILES string of the molecule is Cc1ccc2nc(COC(=O)[C@H]3C[C@H]3C)cc(=O)n2c1. The average Bonchev–Trinajstić information content (AvgIpc) is 3.14. The molecule has 104 valence electrons. The van der Waals surface area contributed by atoms with Gasteiger partial charge in [0.2, 0.25) is 0 Å². The van der Waals surface area contributed by atoms with Gasteiger partial charge in [0.05, 0.1) is 11.6 Å². The number of pyridine rings is 1. The van der Waals surface area contributed by atoms with Crippen molar-refractivity contribution in [2.75, 3.05) is 0 Å². The Kier molecular flexibility index (Phi) is 3.04. The van der Waals surface area contributed by atoms with Crippen molar-refractivity contribution >= 4 is 11.6 Å². The second-order valence-electron chi connectivity index (χ2n) is 5.45. The standard InChI is InChI=1S/C15H16N2O3/c1-9-3-4-13-16-11(6-14(18)17(13)7-9)8-20-15(19)12-5-10(12)2/h3-4,6-7,10,12H,5,8H2,1-2H3/t10-,12+/m1/s1. The maximum atomic E-state index is 12.0. The fourth-order valence-electron chi connectivity index (χ4n) is 2.23. The van der Waals surface area contributed by atoms with Crippen LogP contribution in [0.5, 0.6) is 0 Å². The number of ether oxygens (including phenoxy) is 1. The molecule has 1 saturated carbocycles. The van der Waals surface area contributed by atoms with Crippen LogP contribution in [0.15, 0.2) is 29.2 Å². The maximum absolute atomic E-state index is 12.0. The molecule has 0 aliphatic heterocycles. The van der Waals surface area contributed by atoms with Crippen molar-refractivity contribution in [2.45, 2.75) is 26.9 Å². The molecule has 3 rings (SSSR count). The van der Waals surface area contributed by atoms with Crippen molar-refractivity contribution in [1.82, 2.24) is 9.38 Å². The molecule has 5 heteroatoms. The van der Waals surface area contributed by atoms with Crippen molar-refractivity contribution < 1.29 is 9.53 Å². The monoisotopic (exact) mass is 272 g/mol. The lowest BCUT2D eigenvalue weighted by Gasteiger charge is -2.06. The summed E-state index contributed by atoms with van der Waals surface area (Å²) in [6.45, 7) is 4.00.